The monoisotopic (exact) mass is 280 g/mol. The average molecular weight is 280 g/mol. The molecule has 1 N–H and O–H groups in total. The van der Waals surface area contributed by atoms with Gasteiger partial charge in [0.1, 0.15) is 0 Å². The Bertz CT molecular complexity index is 563. The van der Waals surface area contributed by atoms with E-state index in [-0.39, 0.29) is 11.8 Å². The van der Waals surface area contributed by atoms with Crippen molar-refractivity contribution in [2.75, 3.05) is 25.9 Å². The summed E-state index contributed by atoms with van der Waals surface area (Å²) in [5, 5.41) is 3.54. The summed E-state index contributed by atoms with van der Waals surface area (Å²) in [7, 11) is -0.959. The molecule has 0 bridgehead atoms. The van der Waals surface area contributed by atoms with E-state index < -0.39 is 9.84 Å². The first-order valence-electron chi connectivity index (χ1n) is 6.82. The third-order valence-corrected chi connectivity index (χ3v) is 5.99. The molecule has 1 unspecified atom stereocenters. The molecule has 1 aromatic rings. The first-order valence-corrected chi connectivity index (χ1v) is 8.48. The largest absolute Gasteiger partial charge is 0.306 e. The molecular weight excluding hydrogens is 260 g/mol. The van der Waals surface area contributed by atoms with Gasteiger partial charge in [0.15, 0.2) is 9.84 Å². The molecule has 0 saturated carbocycles. The molecule has 2 aliphatic heterocycles. The van der Waals surface area contributed by atoms with Crippen LogP contribution in [0.25, 0.3) is 0 Å². The van der Waals surface area contributed by atoms with Crippen molar-refractivity contribution in [2.24, 2.45) is 0 Å². The van der Waals surface area contributed by atoms with Crippen LogP contribution in [0, 0.1) is 0 Å². The fraction of sp³-hybridized carbons (Fsp3) is 0.571. The van der Waals surface area contributed by atoms with Gasteiger partial charge in [0.05, 0.1) is 10.6 Å². The number of rotatable bonds is 2. The second-order valence-corrected chi connectivity index (χ2v) is 7.62. The molecule has 1 aromatic carbocycles. The quantitative estimate of drug-likeness (QED) is 0.884. The van der Waals surface area contributed by atoms with Gasteiger partial charge in [0.25, 0.3) is 0 Å². The Morgan fingerprint density at radius 1 is 1.21 bits per heavy atom. The summed E-state index contributed by atoms with van der Waals surface area (Å²) in [5.74, 6) is 0.207. The van der Waals surface area contributed by atoms with E-state index in [2.05, 4.69) is 17.3 Å². The first kappa shape index (κ1) is 13.1. The lowest BCUT2D eigenvalue weighted by Crippen LogP contribution is -2.42. The van der Waals surface area contributed by atoms with E-state index in [0.717, 1.165) is 31.5 Å². The third-order valence-electron chi connectivity index (χ3n) is 4.17. The summed E-state index contributed by atoms with van der Waals surface area (Å²) in [6.07, 6.45) is 2.18. The molecule has 0 radical (unpaired) electrons. The highest BCUT2D eigenvalue weighted by atomic mass is 32.2. The number of hydrogen-bond donors (Lipinski definition) is 1. The molecule has 0 aliphatic carbocycles. The standard InChI is InChI=1S/C14H20N2O2S/c1-16-8-6-11(7-9-16)15-13-10-19(17,18)14-5-3-2-4-12(13)14/h2-5,11,13,15H,6-10H2,1H3. The first-order chi connectivity index (χ1) is 9.06. The van der Waals surface area contributed by atoms with Crippen LogP contribution < -0.4 is 5.32 Å². The lowest BCUT2D eigenvalue weighted by atomic mass is 10.0. The van der Waals surface area contributed by atoms with E-state index in [1.54, 1.807) is 12.1 Å². The summed E-state index contributed by atoms with van der Waals surface area (Å²) in [6, 6.07) is 7.78. The van der Waals surface area contributed by atoms with Crippen molar-refractivity contribution in [1.82, 2.24) is 10.2 Å². The zero-order valence-electron chi connectivity index (χ0n) is 11.2. The SMILES string of the molecule is CN1CCC(NC2CS(=O)(=O)c3ccccc32)CC1. The zero-order valence-corrected chi connectivity index (χ0v) is 12.0. The van der Waals surface area contributed by atoms with Crippen molar-refractivity contribution in [3.63, 3.8) is 0 Å². The van der Waals surface area contributed by atoms with E-state index in [1.165, 1.54) is 0 Å². The van der Waals surface area contributed by atoms with Gasteiger partial charge in [-0.2, -0.15) is 0 Å². The Kier molecular flexibility index (Phi) is 3.37. The Morgan fingerprint density at radius 3 is 2.63 bits per heavy atom. The predicted octanol–water partition coefficient (Wildman–Crippen LogP) is 1.20. The molecule has 3 rings (SSSR count). The van der Waals surface area contributed by atoms with E-state index in [4.69, 9.17) is 0 Å². The molecule has 0 amide bonds. The number of benzene rings is 1. The van der Waals surface area contributed by atoms with Gasteiger partial charge in [0.2, 0.25) is 0 Å². The normalized spacial score (nSPS) is 27.3. The second-order valence-electron chi connectivity index (χ2n) is 5.62. The molecule has 19 heavy (non-hydrogen) atoms. The van der Waals surface area contributed by atoms with Gasteiger partial charge >= 0.3 is 0 Å². The lowest BCUT2D eigenvalue weighted by Gasteiger charge is -2.31. The Labute approximate surface area is 114 Å². The van der Waals surface area contributed by atoms with Crippen molar-refractivity contribution in [3.8, 4) is 0 Å². The summed E-state index contributed by atoms with van der Waals surface area (Å²) >= 11 is 0. The number of fused-ring (bicyclic) bond motifs is 1. The van der Waals surface area contributed by atoms with Crippen LogP contribution in [-0.2, 0) is 9.84 Å². The molecule has 1 fully saturated rings. The van der Waals surface area contributed by atoms with Gasteiger partial charge in [-0.05, 0) is 44.6 Å². The van der Waals surface area contributed by atoms with Gasteiger partial charge in [0, 0.05) is 12.1 Å². The number of likely N-dealkylation sites (tertiary alicyclic amines) is 1. The summed E-state index contributed by atoms with van der Waals surface area (Å²) in [4.78, 5) is 2.83. The van der Waals surface area contributed by atoms with Crippen molar-refractivity contribution in [1.29, 1.82) is 0 Å². The van der Waals surface area contributed by atoms with Gasteiger partial charge in [-0.15, -0.1) is 0 Å². The maximum atomic E-state index is 12.1. The average Bonchev–Trinajstić information content (AvgIpc) is 2.65. The molecule has 1 atom stereocenters. The van der Waals surface area contributed by atoms with Gasteiger partial charge in [-0.3, -0.25) is 0 Å². The fourth-order valence-corrected chi connectivity index (χ4v) is 4.80. The number of piperidine rings is 1. The van der Waals surface area contributed by atoms with Gasteiger partial charge in [-0.25, -0.2) is 8.42 Å². The number of nitrogens with zero attached hydrogens (tertiary/aromatic N) is 1. The highest BCUT2D eigenvalue weighted by molar-refractivity contribution is 7.91. The minimum absolute atomic E-state index is 0.0328. The Morgan fingerprint density at radius 2 is 1.89 bits per heavy atom. The predicted molar refractivity (Wildman–Crippen MR) is 74.9 cm³/mol. The maximum absolute atomic E-state index is 12.1. The third kappa shape index (κ3) is 2.55. The van der Waals surface area contributed by atoms with Crippen molar-refractivity contribution < 1.29 is 8.42 Å². The van der Waals surface area contributed by atoms with Crippen LogP contribution in [0.5, 0.6) is 0 Å². The van der Waals surface area contributed by atoms with Gasteiger partial charge < -0.3 is 10.2 Å². The lowest BCUT2D eigenvalue weighted by molar-refractivity contribution is 0.227. The van der Waals surface area contributed by atoms with Crippen LogP contribution in [0.4, 0.5) is 0 Å². The van der Waals surface area contributed by atoms with Crippen LogP contribution in [0.3, 0.4) is 0 Å². The summed E-state index contributed by atoms with van der Waals surface area (Å²) in [6.45, 7) is 2.16. The number of hydrogen-bond acceptors (Lipinski definition) is 4. The highest BCUT2D eigenvalue weighted by Crippen LogP contribution is 2.33. The molecule has 0 spiro atoms. The maximum Gasteiger partial charge on any atom is 0.180 e. The molecule has 1 saturated heterocycles. The molecule has 4 nitrogen and oxygen atoms in total. The fourth-order valence-electron chi connectivity index (χ4n) is 3.05. The van der Waals surface area contributed by atoms with Crippen LogP contribution in [0.2, 0.25) is 0 Å². The Balaban J connectivity index is 1.77. The summed E-state index contributed by atoms with van der Waals surface area (Å²) < 4.78 is 24.2. The van der Waals surface area contributed by atoms with Crippen LogP contribution >= 0.6 is 0 Å². The van der Waals surface area contributed by atoms with E-state index in [0.29, 0.717) is 10.9 Å². The molecule has 104 valence electrons. The molecule has 2 heterocycles. The molecular formula is C14H20N2O2S. The molecule has 2 aliphatic rings. The van der Waals surface area contributed by atoms with Gasteiger partial charge in [-0.1, -0.05) is 18.2 Å². The minimum Gasteiger partial charge on any atom is -0.306 e. The molecule has 5 heteroatoms. The van der Waals surface area contributed by atoms with Crippen molar-refractivity contribution in [2.45, 2.75) is 29.8 Å². The summed E-state index contributed by atoms with van der Waals surface area (Å²) in [5.41, 5.74) is 0.946. The van der Waals surface area contributed by atoms with E-state index in [9.17, 15) is 8.42 Å². The van der Waals surface area contributed by atoms with Crippen LogP contribution in [0.15, 0.2) is 29.2 Å². The van der Waals surface area contributed by atoms with Crippen LogP contribution in [-0.4, -0.2) is 45.2 Å². The van der Waals surface area contributed by atoms with Crippen molar-refractivity contribution >= 4 is 9.84 Å². The number of nitrogens with one attached hydrogen (secondary N) is 1. The highest BCUT2D eigenvalue weighted by Gasteiger charge is 2.35. The minimum atomic E-state index is -3.09. The van der Waals surface area contributed by atoms with E-state index in [1.807, 2.05) is 12.1 Å². The Hall–Kier alpha value is -0.910. The number of sulfone groups is 1. The van der Waals surface area contributed by atoms with Crippen LogP contribution in [0.1, 0.15) is 24.4 Å². The second kappa shape index (κ2) is 4.89. The van der Waals surface area contributed by atoms with E-state index >= 15 is 0 Å². The topological polar surface area (TPSA) is 49.4 Å². The smallest absolute Gasteiger partial charge is 0.180 e. The molecule has 0 aromatic heterocycles. The van der Waals surface area contributed by atoms with Crippen molar-refractivity contribution in [3.05, 3.63) is 29.8 Å². The zero-order chi connectivity index (χ0) is 13.5.